The first kappa shape index (κ1) is 19.9. The van der Waals surface area contributed by atoms with E-state index in [-0.39, 0.29) is 48.4 Å². The third-order valence-electron chi connectivity index (χ3n) is 6.17. The van der Waals surface area contributed by atoms with E-state index in [4.69, 9.17) is 4.74 Å². The lowest BCUT2D eigenvalue weighted by Crippen LogP contribution is -2.36. The van der Waals surface area contributed by atoms with Crippen LogP contribution in [-0.4, -0.2) is 52.8 Å². The van der Waals surface area contributed by atoms with Gasteiger partial charge < -0.3 is 9.64 Å². The van der Waals surface area contributed by atoms with Gasteiger partial charge >= 0.3 is 0 Å². The summed E-state index contributed by atoms with van der Waals surface area (Å²) in [6, 6.07) is 11.1. The number of imide groups is 1. The van der Waals surface area contributed by atoms with Crippen LogP contribution in [0, 0.1) is 5.82 Å². The van der Waals surface area contributed by atoms with Gasteiger partial charge in [0, 0.05) is 30.3 Å². The minimum absolute atomic E-state index is 0.0636. The smallest absolute Gasteiger partial charge is 0.261 e. The Morgan fingerprint density at radius 3 is 2.55 bits per heavy atom. The van der Waals surface area contributed by atoms with E-state index in [1.54, 1.807) is 35.2 Å². The van der Waals surface area contributed by atoms with Crippen molar-refractivity contribution >= 4 is 17.7 Å². The SMILES string of the molecule is O=C1c2ccc(C(=O)N(Cc3ccccc3F)C3CC3)cc2C(=O)N1CC1CCCO1. The molecule has 5 rings (SSSR count). The topological polar surface area (TPSA) is 66.9 Å². The molecule has 7 heteroatoms. The molecule has 0 N–H and O–H groups in total. The molecule has 0 radical (unpaired) electrons. The first-order chi connectivity index (χ1) is 15.0. The fraction of sp³-hybridized carbons (Fsp3) is 0.375. The van der Waals surface area contributed by atoms with Crippen LogP contribution in [0.1, 0.15) is 62.3 Å². The van der Waals surface area contributed by atoms with Crippen molar-refractivity contribution in [2.45, 2.75) is 44.4 Å². The number of benzene rings is 2. The third-order valence-corrected chi connectivity index (χ3v) is 6.17. The molecule has 2 aromatic rings. The van der Waals surface area contributed by atoms with Crippen LogP contribution >= 0.6 is 0 Å². The summed E-state index contributed by atoms with van der Waals surface area (Å²) in [6.07, 6.45) is 3.36. The largest absolute Gasteiger partial charge is 0.376 e. The molecule has 1 saturated carbocycles. The van der Waals surface area contributed by atoms with Gasteiger partial charge in [0.05, 0.1) is 23.8 Å². The molecule has 3 aliphatic rings. The van der Waals surface area contributed by atoms with Crippen molar-refractivity contribution < 1.29 is 23.5 Å². The molecule has 1 unspecified atom stereocenters. The number of amides is 3. The third kappa shape index (κ3) is 3.74. The van der Waals surface area contributed by atoms with Crippen LogP contribution in [0.4, 0.5) is 4.39 Å². The minimum Gasteiger partial charge on any atom is -0.376 e. The van der Waals surface area contributed by atoms with E-state index in [1.807, 2.05) is 0 Å². The van der Waals surface area contributed by atoms with Crippen LogP contribution in [0.2, 0.25) is 0 Å². The highest BCUT2D eigenvalue weighted by Gasteiger charge is 2.39. The second-order valence-electron chi connectivity index (χ2n) is 8.37. The van der Waals surface area contributed by atoms with Crippen LogP contribution in [0.5, 0.6) is 0 Å². The van der Waals surface area contributed by atoms with Gasteiger partial charge in [-0.25, -0.2) is 4.39 Å². The summed E-state index contributed by atoms with van der Waals surface area (Å²) >= 11 is 0. The Labute approximate surface area is 179 Å². The number of fused-ring (bicyclic) bond motifs is 1. The monoisotopic (exact) mass is 422 g/mol. The van der Waals surface area contributed by atoms with Crippen molar-refractivity contribution in [3.8, 4) is 0 Å². The Morgan fingerprint density at radius 1 is 1.06 bits per heavy atom. The van der Waals surface area contributed by atoms with Gasteiger partial charge in [-0.05, 0) is 49.9 Å². The summed E-state index contributed by atoms with van der Waals surface area (Å²) in [7, 11) is 0. The molecule has 0 aromatic heterocycles. The first-order valence-corrected chi connectivity index (χ1v) is 10.7. The Morgan fingerprint density at radius 2 is 1.84 bits per heavy atom. The molecule has 160 valence electrons. The fourth-order valence-corrected chi connectivity index (χ4v) is 4.31. The summed E-state index contributed by atoms with van der Waals surface area (Å²) in [6.45, 7) is 1.05. The maximum absolute atomic E-state index is 14.1. The van der Waals surface area contributed by atoms with Gasteiger partial charge in [0.25, 0.3) is 17.7 Å². The summed E-state index contributed by atoms with van der Waals surface area (Å²) in [5.41, 5.74) is 1.35. The molecule has 1 aliphatic carbocycles. The maximum atomic E-state index is 14.1. The Balaban J connectivity index is 1.38. The number of hydrogen-bond donors (Lipinski definition) is 0. The van der Waals surface area contributed by atoms with Crippen LogP contribution in [0.3, 0.4) is 0 Å². The molecule has 1 atom stereocenters. The van der Waals surface area contributed by atoms with Crippen molar-refractivity contribution in [3.05, 3.63) is 70.5 Å². The summed E-state index contributed by atoms with van der Waals surface area (Å²) in [5, 5.41) is 0. The molecular weight excluding hydrogens is 399 g/mol. The highest BCUT2D eigenvalue weighted by Crippen LogP contribution is 2.32. The molecule has 6 nitrogen and oxygen atoms in total. The number of ether oxygens (including phenoxy) is 1. The second kappa shape index (κ2) is 7.89. The van der Waals surface area contributed by atoms with E-state index in [0.29, 0.717) is 23.3 Å². The lowest BCUT2D eigenvalue weighted by atomic mass is 10.0. The lowest BCUT2D eigenvalue weighted by molar-refractivity contribution is 0.0475. The molecule has 2 fully saturated rings. The number of hydrogen-bond acceptors (Lipinski definition) is 4. The number of halogens is 1. The van der Waals surface area contributed by atoms with E-state index in [0.717, 1.165) is 25.7 Å². The van der Waals surface area contributed by atoms with Crippen LogP contribution in [-0.2, 0) is 11.3 Å². The molecule has 1 saturated heterocycles. The highest BCUT2D eigenvalue weighted by molar-refractivity contribution is 6.22. The predicted octanol–water partition coefficient (Wildman–Crippen LogP) is 3.41. The van der Waals surface area contributed by atoms with Gasteiger partial charge in [0.1, 0.15) is 5.82 Å². The summed E-state index contributed by atoms with van der Waals surface area (Å²) in [5.74, 6) is -1.34. The predicted molar refractivity (Wildman–Crippen MR) is 110 cm³/mol. The van der Waals surface area contributed by atoms with Gasteiger partial charge in [-0.15, -0.1) is 0 Å². The highest BCUT2D eigenvalue weighted by atomic mass is 19.1. The number of carbonyl (C=O) groups is 3. The van der Waals surface area contributed by atoms with Gasteiger partial charge in [-0.1, -0.05) is 18.2 Å². The zero-order valence-corrected chi connectivity index (χ0v) is 17.1. The number of rotatable bonds is 6. The normalized spacial score (nSPS) is 20.3. The standard InChI is InChI=1S/C24H23FN2O4/c25-21-6-2-1-4-16(21)13-26(17-8-9-17)22(28)15-7-10-19-20(12-15)24(30)27(23(19)29)14-18-5-3-11-31-18/h1-2,4,6-7,10,12,17-18H,3,5,8-9,11,13-14H2. The van der Waals surface area contributed by atoms with Gasteiger partial charge in [-0.3, -0.25) is 19.3 Å². The Kier molecular flexibility index (Phi) is 5.06. The summed E-state index contributed by atoms with van der Waals surface area (Å²) < 4.78 is 19.7. The van der Waals surface area contributed by atoms with E-state index >= 15 is 0 Å². The molecular formula is C24H23FN2O4. The lowest BCUT2D eigenvalue weighted by Gasteiger charge is -2.23. The second-order valence-corrected chi connectivity index (χ2v) is 8.37. The van der Waals surface area contributed by atoms with Crippen molar-refractivity contribution in [2.75, 3.05) is 13.2 Å². The zero-order chi connectivity index (χ0) is 21.5. The van der Waals surface area contributed by atoms with Crippen molar-refractivity contribution in [1.82, 2.24) is 9.80 Å². The van der Waals surface area contributed by atoms with Crippen LogP contribution in [0.15, 0.2) is 42.5 Å². The number of carbonyl (C=O) groups excluding carboxylic acids is 3. The fourth-order valence-electron chi connectivity index (χ4n) is 4.31. The molecule has 0 bridgehead atoms. The van der Waals surface area contributed by atoms with Crippen molar-refractivity contribution in [2.24, 2.45) is 0 Å². The summed E-state index contributed by atoms with van der Waals surface area (Å²) in [4.78, 5) is 41.8. The molecule has 2 aliphatic heterocycles. The Hall–Kier alpha value is -3.06. The Bertz CT molecular complexity index is 1060. The van der Waals surface area contributed by atoms with Crippen LogP contribution < -0.4 is 0 Å². The first-order valence-electron chi connectivity index (χ1n) is 10.7. The average Bonchev–Trinajstić information content (AvgIpc) is 3.44. The zero-order valence-electron chi connectivity index (χ0n) is 17.1. The maximum Gasteiger partial charge on any atom is 0.261 e. The molecule has 31 heavy (non-hydrogen) atoms. The van der Waals surface area contributed by atoms with Gasteiger partial charge in [0.2, 0.25) is 0 Å². The van der Waals surface area contributed by atoms with Crippen LogP contribution in [0.25, 0.3) is 0 Å². The van der Waals surface area contributed by atoms with E-state index in [1.165, 1.54) is 17.0 Å². The molecule has 0 spiro atoms. The molecule has 2 aromatic carbocycles. The minimum atomic E-state index is -0.391. The van der Waals surface area contributed by atoms with Gasteiger partial charge in [0.15, 0.2) is 0 Å². The molecule has 2 heterocycles. The number of nitrogens with zero attached hydrogens (tertiary/aromatic N) is 2. The van der Waals surface area contributed by atoms with E-state index in [9.17, 15) is 18.8 Å². The van der Waals surface area contributed by atoms with Crippen molar-refractivity contribution in [1.29, 1.82) is 0 Å². The quantitative estimate of drug-likeness (QED) is 0.670. The average molecular weight is 422 g/mol. The van der Waals surface area contributed by atoms with Crippen molar-refractivity contribution in [3.63, 3.8) is 0 Å². The van der Waals surface area contributed by atoms with Gasteiger partial charge in [-0.2, -0.15) is 0 Å². The molecule has 3 amide bonds. The van der Waals surface area contributed by atoms with E-state index < -0.39 is 5.91 Å². The van der Waals surface area contributed by atoms with E-state index in [2.05, 4.69) is 0 Å².